The number of imidazole rings is 1. The van der Waals surface area contributed by atoms with Crippen LogP contribution in [0.2, 0.25) is 0 Å². The van der Waals surface area contributed by atoms with Crippen LogP contribution in [0.4, 0.5) is 5.95 Å². The standard InChI is InChI=1S/C13H15N7O4/c1-2-3-23-12-10-11(16-13(17-12)18-19-14)20(6-15-10)9-4-7(22)8(5-21)24-9/h2,6-9,21-22H,1,3-5H2/t7-,8+,9+/m0/s1. The van der Waals surface area contributed by atoms with Gasteiger partial charge < -0.3 is 19.7 Å². The van der Waals surface area contributed by atoms with Gasteiger partial charge in [-0.3, -0.25) is 4.57 Å². The fourth-order valence-corrected chi connectivity index (χ4v) is 2.46. The van der Waals surface area contributed by atoms with Gasteiger partial charge in [0, 0.05) is 11.3 Å². The van der Waals surface area contributed by atoms with Gasteiger partial charge in [-0.1, -0.05) is 12.7 Å². The van der Waals surface area contributed by atoms with Crippen LogP contribution in [0.15, 0.2) is 24.1 Å². The zero-order valence-corrected chi connectivity index (χ0v) is 12.6. The third-order valence-electron chi connectivity index (χ3n) is 3.54. The highest BCUT2D eigenvalue weighted by molar-refractivity contribution is 5.77. The monoisotopic (exact) mass is 333 g/mol. The van der Waals surface area contributed by atoms with E-state index in [0.29, 0.717) is 11.2 Å². The highest BCUT2D eigenvalue weighted by atomic mass is 16.5. The van der Waals surface area contributed by atoms with E-state index in [1.807, 2.05) is 0 Å². The Balaban J connectivity index is 2.05. The molecule has 3 atom stereocenters. The second-order valence-electron chi connectivity index (χ2n) is 5.06. The number of nitrogens with zero attached hydrogens (tertiary/aromatic N) is 7. The van der Waals surface area contributed by atoms with E-state index in [4.69, 9.17) is 15.0 Å². The molecular weight excluding hydrogens is 318 g/mol. The Labute approximate surface area is 135 Å². The molecule has 0 bridgehead atoms. The molecule has 1 saturated heterocycles. The van der Waals surface area contributed by atoms with E-state index in [9.17, 15) is 10.2 Å². The van der Waals surface area contributed by atoms with Crippen molar-refractivity contribution >= 4 is 17.1 Å². The molecule has 126 valence electrons. The smallest absolute Gasteiger partial charge is 0.246 e. The first-order valence-electron chi connectivity index (χ1n) is 7.15. The molecule has 11 nitrogen and oxygen atoms in total. The van der Waals surface area contributed by atoms with E-state index in [-0.39, 0.29) is 31.5 Å². The number of fused-ring (bicyclic) bond motifs is 1. The Morgan fingerprint density at radius 2 is 2.42 bits per heavy atom. The summed E-state index contributed by atoms with van der Waals surface area (Å²) >= 11 is 0. The maximum Gasteiger partial charge on any atom is 0.246 e. The molecular formula is C13H15N7O4. The van der Waals surface area contributed by atoms with Gasteiger partial charge >= 0.3 is 0 Å². The van der Waals surface area contributed by atoms with Gasteiger partial charge in [0.1, 0.15) is 18.9 Å². The Morgan fingerprint density at radius 3 is 3.08 bits per heavy atom. The van der Waals surface area contributed by atoms with Gasteiger partial charge in [-0.15, -0.1) is 0 Å². The summed E-state index contributed by atoms with van der Waals surface area (Å²) in [5.41, 5.74) is 9.30. The van der Waals surface area contributed by atoms with Crippen LogP contribution in [0.25, 0.3) is 21.6 Å². The zero-order chi connectivity index (χ0) is 17.1. The van der Waals surface area contributed by atoms with E-state index in [1.165, 1.54) is 6.33 Å². The van der Waals surface area contributed by atoms with Gasteiger partial charge in [-0.05, 0) is 10.6 Å². The quantitative estimate of drug-likeness (QED) is 0.346. The van der Waals surface area contributed by atoms with E-state index < -0.39 is 18.4 Å². The van der Waals surface area contributed by atoms with Crippen LogP contribution >= 0.6 is 0 Å². The fourth-order valence-electron chi connectivity index (χ4n) is 2.46. The number of hydrogen-bond donors (Lipinski definition) is 2. The van der Waals surface area contributed by atoms with E-state index in [2.05, 4.69) is 31.6 Å². The molecule has 3 rings (SSSR count). The van der Waals surface area contributed by atoms with Crippen molar-refractivity contribution in [2.45, 2.75) is 24.9 Å². The third kappa shape index (κ3) is 2.88. The topological polar surface area (TPSA) is 151 Å². The highest BCUT2D eigenvalue weighted by Gasteiger charge is 2.35. The molecule has 1 aliphatic rings. The number of hydrogen-bond acceptors (Lipinski definition) is 8. The molecule has 0 spiro atoms. The average Bonchev–Trinajstić information content (AvgIpc) is 3.16. The van der Waals surface area contributed by atoms with Crippen molar-refractivity contribution < 1.29 is 19.7 Å². The van der Waals surface area contributed by atoms with Crippen molar-refractivity contribution in [3.63, 3.8) is 0 Å². The predicted molar refractivity (Wildman–Crippen MR) is 81.4 cm³/mol. The van der Waals surface area contributed by atoms with Crippen LogP contribution < -0.4 is 4.74 Å². The summed E-state index contributed by atoms with van der Waals surface area (Å²) < 4.78 is 12.6. The summed E-state index contributed by atoms with van der Waals surface area (Å²) in [5, 5.41) is 22.5. The molecule has 3 heterocycles. The molecule has 1 aliphatic heterocycles. The molecule has 0 amide bonds. The van der Waals surface area contributed by atoms with Crippen molar-refractivity contribution in [3.8, 4) is 5.88 Å². The van der Waals surface area contributed by atoms with Crippen LogP contribution in [-0.2, 0) is 4.74 Å². The zero-order valence-electron chi connectivity index (χ0n) is 12.6. The maximum absolute atomic E-state index is 9.89. The Morgan fingerprint density at radius 1 is 1.58 bits per heavy atom. The minimum absolute atomic E-state index is 0.122. The number of aliphatic hydroxyl groups is 2. The SMILES string of the molecule is C=CCOc1nc(N=[N+]=[N-])nc2c1ncn2[C@H]1C[C@H](O)[C@@H](CO)O1. The Hall–Kier alpha value is -2.72. The molecule has 1 fully saturated rings. The second-order valence-corrected chi connectivity index (χ2v) is 5.06. The van der Waals surface area contributed by atoms with Crippen LogP contribution in [0, 0.1) is 0 Å². The predicted octanol–water partition coefficient (Wildman–Crippen LogP) is 0.974. The summed E-state index contributed by atoms with van der Waals surface area (Å²) in [6, 6.07) is 0. The molecule has 0 radical (unpaired) electrons. The summed E-state index contributed by atoms with van der Waals surface area (Å²) in [6.45, 7) is 3.46. The minimum Gasteiger partial charge on any atom is -0.472 e. The van der Waals surface area contributed by atoms with Crippen molar-refractivity contribution in [3.05, 3.63) is 29.4 Å². The van der Waals surface area contributed by atoms with Crippen molar-refractivity contribution in [1.82, 2.24) is 19.5 Å². The van der Waals surface area contributed by atoms with Gasteiger partial charge in [-0.2, -0.15) is 4.98 Å². The second kappa shape index (κ2) is 6.81. The van der Waals surface area contributed by atoms with Crippen molar-refractivity contribution in [2.75, 3.05) is 13.2 Å². The number of azide groups is 1. The van der Waals surface area contributed by atoms with Gasteiger partial charge in [0.05, 0.1) is 19.0 Å². The lowest BCUT2D eigenvalue weighted by atomic mass is 10.2. The molecule has 2 aromatic heterocycles. The average molecular weight is 333 g/mol. The van der Waals surface area contributed by atoms with Crippen LogP contribution in [0.5, 0.6) is 5.88 Å². The highest BCUT2D eigenvalue weighted by Crippen LogP contribution is 2.33. The summed E-state index contributed by atoms with van der Waals surface area (Å²) in [6.07, 6.45) is 1.23. The summed E-state index contributed by atoms with van der Waals surface area (Å²) in [7, 11) is 0. The lowest BCUT2D eigenvalue weighted by molar-refractivity contribution is -0.0432. The van der Waals surface area contributed by atoms with E-state index >= 15 is 0 Å². The number of aliphatic hydroxyl groups excluding tert-OH is 2. The lowest BCUT2D eigenvalue weighted by Gasteiger charge is -2.13. The van der Waals surface area contributed by atoms with Gasteiger partial charge in [0.25, 0.3) is 0 Å². The lowest BCUT2D eigenvalue weighted by Crippen LogP contribution is -2.24. The van der Waals surface area contributed by atoms with Crippen molar-refractivity contribution in [1.29, 1.82) is 0 Å². The number of aromatic nitrogens is 4. The first-order chi connectivity index (χ1) is 11.7. The van der Waals surface area contributed by atoms with Gasteiger partial charge in [0.15, 0.2) is 11.2 Å². The van der Waals surface area contributed by atoms with Crippen LogP contribution in [0.3, 0.4) is 0 Å². The molecule has 0 unspecified atom stereocenters. The van der Waals surface area contributed by atoms with Crippen LogP contribution in [-0.4, -0.2) is 55.2 Å². The molecule has 11 heteroatoms. The first-order valence-corrected chi connectivity index (χ1v) is 7.15. The minimum atomic E-state index is -0.799. The Kier molecular flexibility index (Phi) is 4.58. The molecule has 24 heavy (non-hydrogen) atoms. The Bertz CT molecular complexity index is 801. The molecule has 2 aromatic rings. The van der Waals surface area contributed by atoms with E-state index in [1.54, 1.807) is 10.6 Å². The van der Waals surface area contributed by atoms with Gasteiger partial charge in [-0.25, -0.2) is 9.97 Å². The fraction of sp³-hybridized carbons (Fsp3) is 0.462. The van der Waals surface area contributed by atoms with Gasteiger partial charge in [0.2, 0.25) is 11.8 Å². The largest absolute Gasteiger partial charge is 0.472 e. The molecule has 0 aliphatic carbocycles. The van der Waals surface area contributed by atoms with E-state index in [0.717, 1.165) is 0 Å². The summed E-state index contributed by atoms with van der Waals surface area (Å²) in [5.74, 6) is 0.0290. The number of ether oxygens (including phenoxy) is 2. The first kappa shape index (κ1) is 16.1. The maximum atomic E-state index is 9.89. The molecule has 2 N–H and O–H groups in total. The van der Waals surface area contributed by atoms with Crippen LogP contribution in [0.1, 0.15) is 12.6 Å². The molecule has 0 saturated carbocycles. The van der Waals surface area contributed by atoms with Crippen molar-refractivity contribution in [2.24, 2.45) is 5.11 Å². The normalized spacial score (nSPS) is 23.2. The molecule has 0 aromatic carbocycles. The third-order valence-corrected chi connectivity index (χ3v) is 3.54. The summed E-state index contributed by atoms with van der Waals surface area (Å²) in [4.78, 5) is 15.0. The number of rotatable bonds is 6.